The first-order valence-electron chi connectivity index (χ1n) is 4.52. The van der Waals surface area contributed by atoms with Gasteiger partial charge < -0.3 is 10.1 Å². The largest absolute Gasteiger partial charge is 0.453 e. The summed E-state index contributed by atoms with van der Waals surface area (Å²) in [5, 5.41) is 1.84. The number of methoxy groups -OCH3 is 1. The van der Waals surface area contributed by atoms with Gasteiger partial charge in [0.05, 0.1) is 17.7 Å². The first-order valence-corrected chi connectivity index (χ1v) is 4.90. The van der Waals surface area contributed by atoms with Crippen LogP contribution in [0.25, 0.3) is 0 Å². The van der Waals surface area contributed by atoms with Crippen molar-refractivity contribution >= 4 is 17.7 Å². The third-order valence-corrected chi connectivity index (χ3v) is 2.44. The van der Waals surface area contributed by atoms with Crippen LogP contribution in [0.5, 0.6) is 0 Å². The molecule has 1 aromatic carbocycles. The van der Waals surface area contributed by atoms with E-state index < -0.39 is 22.9 Å². The Bertz CT molecular complexity index is 421. The monoisotopic (exact) mass is 267 g/mol. The molecule has 0 heterocycles. The Balaban J connectivity index is 2.91. The lowest BCUT2D eigenvalue weighted by molar-refractivity contribution is -0.137. The number of benzene rings is 1. The molecule has 7 heteroatoms. The normalized spacial score (nSPS) is 11.1. The fraction of sp³-hybridized carbons (Fsp3) is 0.300. The number of amides is 1. The van der Waals surface area contributed by atoms with E-state index in [1.54, 1.807) is 0 Å². The van der Waals surface area contributed by atoms with Crippen LogP contribution in [0.3, 0.4) is 0 Å². The molecular weight excluding hydrogens is 259 g/mol. The summed E-state index contributed by atoms with van der Waals surface area (Å²) in [5.41, 5.74) is -0.754. The Hall–Kier alpha value is -1.43. The zero-order chi connectivity index (χ0) is 13.1. The number of rotatable bonds is 2. The van der Waals surface area contributed by atoms with Gasteiger partial charge in [-0.05, 0) is 11.6 Å². The number of ether oxygens (including phenoxy) is 1. The maximum atomic E-state index is 12.5. The summed E-state index contributed by atoms with van der Waals surface area (Å²) in [6, 6.07) is 3.50. The van der Waals surface area contributed by atoms with Crippen molar-refractivity contribution in [3.8, 4) is 0 Å². The lowest BCUT2D eigenvalue weighted by Gasteiger charge is -2.12. The van der Waals surface area contributed by atoms with Crippen LogP contribution in [0.4, 0.5) is 18.0 Å². The Labute approximate surface area is 101 Å². The van der Waals surface area contributed by atoms with Crippen molar-refractivity contribution in [3.05, 3.63) is 34.3 Å². The van der Waals surface area contributed by atoms with E-state index in [2.05, 4.69) is 10.1 Å². The molecule has 94 valence electrons. The fourth-order valence-electron chi connectivity index (χ4n) is 1.17. The minimum atomic E-state index is -4.52. The van der Waals surface area contributed by atoms with Crippen molar-refractivity contribution in [2.45, 2.75) is 12.7 Å². The van der Waals surface area contributed by atoms with E-state index in [1.807, 2.05) is 0 Å². The highest BCUT2D eigenvalue weighted by molar-refractivity contribution is 6.32. The molecule has 1 amide bonds. The lowest BCUT2D eigenvalue weighted by atomic mass is 10.1. The van der Waals surface area contributed by atoms with Crippen LogP contribution in [0.2, 0.25) is 5.02 Å². The predicted octanol–water partition coefficient (Wildman–Crippen LogP) is 3.21. The molecule has 3 nitrogen and oxygen atoms in total. The SMILES string of the molecule is COC(=O)NCc1cccc(C(F)(F)F)c1Cl. The molecule has 0 radical (unpaired) electrons. The van der Waals surface area contributed by atoms with Gasteiger partial charge in [-0.1, -0.05) is 23.7 Å². The summed E-state index contributed by atoms with van der Waals surface area (Å²) in [6.45, 7) is -0.130. The van der Waals surface area contributed by atoms with Crippen LogP contribution in [-0.2, 0) is 17.5 Å². The number of alkyl halides is 3. The number of hydrogen-bond donors (Lipinski definition) is 1. The second kappa shape index (κ2) is 5.27. The van der Waals surface area contributed by atoms with E-state index in [4.69, 9.17) is 11.6 Å². The number of hydrogen-bond acceptors (Lipinski definition) is 2. The average molecular weight is 268 g/mol. The molecule has 0 aliphatic carbocycles. The second-order valence-corrected chi connectivity index (χ2v) is 3.50. The van der Waals surface area contributed by atoms with Crippen molar-refractivity contribution in [3.63, 3.8) is 0 Å². The number of halogens is 4. The highest BCUT2D eigenvalue weighted by Crippen LogP contribution is 2.36. The van der Waals surface area contributed by atoms with Gasteiger partial charge in [0.15, 0.2) is 0 Å². The third kappa shape index (κ3) is 3.52. The van der Waals surface area contributed by atoms with Gasteiger partial charge in [0.25, 0.3) is 0 Å². The maximum Gasteiger partial charge on any atom is 0.417 e. The smallest absolute Gasteiger partial charge is 0.417 e. The van der Waals surface area contributed by atoms with Gasteiger partial charge in [-0.3, -0.25) is 0 Å². The van der Waals surface area contributed by atoms with Crippen LogP contribution < -0.4 is 5.32 Å². The molecular formula is C10H9ClF3NO2. The van der Waals surface area contributed by atoms with Crippen molar-refractivity contribution in [1.82, 2.24) is 5.32 Å². The third-order valence-electron chi connectivity index (χ3n) is 1.99. The van der Waals surface area contributed by atoms with Gasteiger partial charge in [0.1, 0.15) is 0 Å². The highest BCUT2D eigenvalue weighted by atomic mass is 35.5. The molecule has 1 rings (SSSR count). The summed E-state index contributed by atoms with van der Waals surface area (Å²) < 4.78 is 41.8. The number of carbonyl (C=O) groups is 1. The first-order chi connectivity index (χ1) is 7.86. The Morgan fingerprint density at radius 2 is 2.12 bits per heavy atom. The molecule has 0 unspecified atom stereocenters. The van der Waals surface area contributed by atoms with E-state index >= 15 is 0 Å². The Kier molecular flexibility index (Phi) is 4.22. The van der Waals surface area contributed by atoms with Gasteiger partial charge in [0, 0.05) is 6.54 Å². The van der Waals surface area contributed by atoms with E-state index in [0.717, 1.165) is 13.2 Å². The van der Waals surface area contributed by atoms with E-state index in [0.29, 0.717) is 0 Å². The predicted molar refractivity (Wildman–Crippen MR) is 55.7 cm³/mol. The molecule has 0 atom stereocenters. The van der Waals surface area contributed by atoms with Gasteiger partial charge in [-0.25, -0.2) is 4.79 Å². The highest BCUT2D eigenvalue weighted by Gasteiger charge is 2.33. The molecule has 0 bridgehead atoms. The lowest BCUT2D eigenvalue weighted by Crippen LogP contribution is -2.22. The van der Waals surface area contributed by atoms with Gasteiger partial charge in [-0.15, -0.1) is 0 Å². The molecule has 0 saturated carbocycles. The van der Waals surface area contributed by atoms with Crippen molar-refractivity contribution in [1.29, 1.82) is 0 Å². The first kappa shape index (κ1) is 13.6. The van der Waals surface area contributed by atoms with Crippen LogP contribution in [-0.4, -0.2) is 13.2 Å². The second-order valence-electron chi connectivity index (χ2n) is 3.12. The number of carbonyl (C=O) groups excluding carboxylic acids is 1. The minimum Gasteiger partial charge on any atom is -0.453 e. The molecule has 1 N–H and O–H groups in total. The quantitative estimate of drug-likeness (QED) is 0.893. The van der Waals surface area contributed by atoms with Gasteiger partial charge >= 0.3 is 12.3 Å². The maximum absolute atomic E-state index is 12.5. The van der Waals surface area contributed by atoms with Crippen molar-refractivity contribution < 1.29 is 22.7 Å². The molecule has 1 aromatic rings. The zero-order valence-electron chi connectivity index (χ0n) is 8.77. The Morgan fingerprint density at radius 3 is 2.65 bits per heavy atom. The summed E-state index contributed by atoms with van der Waals surface area (Å²) in [7, 11) is 1.16. The van der Waals surface area contributed by atoms with Crippen LogP contribution in [0.1, 0.15) is 11.1 Å². The minimum absolute atomic E-state index is 0.130. The molecule has 0 aliphatic heterocycles. The average Bonchev–Trinajstić information content (AvgIpc) is 2.25. The number of alkyl carbamates (subject to hydrolysis) is 1. The summed E-state index contributed by atoms with van der Waals surface area (Å²) >= 11 is 5.61. The van der Waals surface area contributed by atoms with Crippen LogP contribution in [0, 0.1) is 0 Å². The topological polar surface area (TPSA) is 38.3 Å². The Morgan fingerprint density at radius 1 is 1.47 bits per heavy atom. The van der Waals surface area contributed by atoms with E-state index in [-0.39, 0.29) is 12.1 Å². The van der Waals surface area contributed by atoms with E-state index in [1.165, 1.54) is 12.1 Å². The summed E-state index contributed by atoms with van der Waals surface area (Å²) in [4.78, 5) is 10.8. The molecule has 0 aliphatic rings. The van der Waals surface area contributed by atoms with Gasteiger partial charge in [-0.2, -0.15) is 13.2 Å². The van der Waals surface area contributed by atoms with Crippen molar-refractivity contribution in [2.24, 2.45) is 0 Å². The molecule has 17 heavy (non-hydrogen) atoms. The molecule has 0 fully saturated rings. The van der Waals surface area contributed by atoms with Gasteiger partial charge in [0.2, 0.25) is 0 Å². The molecule has 0 saturated heterocycles. The number of nitrogens with one attached hydrogen (secondary N) is 1. The summed E-state index contributed by atoms with van der Waals surface area (Å²) in [6.07, 6.45) is -5.25. The summed E-state index contributed by atoms with van der Waals surface area (Å²) in [5.74, 6) is 0. The van der Waals surface area contributed by atoms with Crippen LogP contribution in [0.15, 0.2) is 18.2 Å². The fourth-order valence-corrected chi connectivity index (χ4v) is 1.47. The molecule has 0 aromatic heterocycles. The molecule has 0 spiro atoms. The van der Waals surface area contributed by atoms with Crippen LogP contribution >= 0.6 is 11.6 Å². The van der Waals surface area contributed by atoms with Crippen molar-refractivity contribution in [2.75, 3.05) is 7.11 Å². The van der Waals surface area contributed by atoms with E-state index in [9.17, 15) is 18.0 Å². The zero-order valence-corrected chi connectivity index (χ0v) is 9.52. The standard InChI is InChI=1S/C10H9ClF3NO2/c1-17-9(16)15-5-6-3-2-4-7(8(6)11)10(12,13)14/h2-4H,5H2,1H3,(H,15,16).